The minimum atomic E-state index is -1.17. The van der Waals surface area contributed by atoms with Gasteiger partial charge in [-0.2, -0.15) is 0 Å². The van der Waals surface area contributed by atoms with Crippen molar-refractivity contribution in [1.29, 1.82) is 0 Å². The van der Waals surface area contributed by atoms with Crippen LogP contribution in [0.3, 0.4) is 0 Å². The molecule has 8 bridgehead atoms. The highest BCUT2D eigenvalue weighted by molar-refractivity contribution is 6.12. The van der Waals surface area contributed by atoms with Crippen molar-refractivity contribution in [2.75, 3.05) is 0 Å². The van der Waals surface area contributed by atoms with Gasteiger partial charge in [-0.05, 0) is 145 Å². The fourth-order valence-corrected chi connectivity index (χ4v) is 12.2. The van der Waals surface area contributed by atoms with E-state index in [1.165, 1.54) is 88.7 Å². The molecule has 4 heteroatoms. The number of hydrogen-bond acceptors (Lipinski definition) is 2. The third kappa shape index (κ3) is 2.71. The molecule has 0 radical (unpaired) electrons. The predicted molar refractivity (Wildman–Crippen MR) is 137 cm³/mol. The molecule has 8 fully saturated rings. The van der Waals surface area contributed by atoms with E-state index in [9.17, 15) is 19.8 Å². The number of carbonyl (C=O) groups is 2. The van der Waals surface area contributed by atoms with Crippen LogP contribution in [0.5, 0.6) is 0 Å². The fourth-order valence-electron chi connectivity index (χ4n) is 12.2. The Hall–Kier alpha value is -2.36. The van der Waals surface area contributed by atoms with Crippen LogP contribution in [0.2, 0.25) is 0 Å². The molecule has 8 saturated carbocycles. The van der Waals surface area contributed by atoms with Crippen LogP contribution in [0.25, 0.3) is 10.8 Å². The Balaban J connectivity index is 1.29. The van der Waals surface area contributed by atoms with Crippen LogP contribution in [0, 0.1) is 40.4 Å². The normalized spacial score (nSPS) is 43.8. The van der Waals surface area contributed by atoms with Crippen LogP contribution >= 0.6 is 0 Å². The van der Waals surface area contributed by atoms with Crippen molar-refractivity contribution < 1.29 is 19.8 Å². The standard InChI is InChI=1S/C32H36O4/c33-28(34)25-5-4-23-24(27(25)29(35)36)2-1-3-26(23)30-10-21-9-22(11-30)16-32(15-21,17-30)31-12-18-6-19(13-31)8-20(7-18)14-31/h1-5,18-22H,6-17H2,(H,33,34)(H,35,36). The maximum absolute atomic E-state index is 12.2. The molecule has 0 saturated heterocycles. The molecule has 2 N–H and O–H groups in total. The average molecular weight is 485 g/mol. The molecule has 0 heterocycles. The molecule has 4 nitrogen and oxygen atoms in total. The Morgan fingerprint density at radius 3 is 1.81 bits per heavy atom. The van der Waals surface area contributed by atoms with Crippen molar-refractivity contribution >= 4 is 22.7 Å². The van der Waals surface area contributed by atoms with E-state index in [1.807, 2.05) is 18.2 Å². The van der Waals surface area contributed by atoms with Gasteiger partial charge in [-0.3, -0.25) is 0 Å². The van der Waals surface area contributed by atoms with Crippen LogP contribution in [0.4, 0.5) is 0 Å². The number of benzene rings is 2. The molecule has 36 heavy (non-hydrogen) atoms. The van der Waals surface area contributed by atoms with Gasteiger partial charge < -0.3 is 10.2 Å². The Morgan fingerprint density at radius 1 is 0.639 bits per heavy atom. The number of carboxylic acid groups (broad SMARTS) is 2. The molecule has 2 atom stereocenters. The van der Waals surface area contributed by atoms with E-state index in [1.54, 1.807) is 0 Å². The van der Waals surface area contributed by atoms with E-state index in [2.05, 4.69) is 6.07 Å². The van der Waals surface area contributed by atoms with Gasteiger partial charge in [0.15, 0.2) is 0 Å². The van der Waals surface area contributed by atoms with Gasteiger partial charge in [0, 0.05) is 0 Å². The SMILES string of the molecule is O=C(O)c1ccc2c(C34CC5CC(C3)CC(C36CC7CC(CC(C7)C3)C6)(C5)C4)cccc2c1C(=O)O. The van der Waals surface area contributed by atoms with Gasteiger partial charge in [-0.15, -0.1) is 0 Å². The Labute approximate surface area is 212 Å². The molecule has 0 amide bonds. The zero-order valence-electron chi connectivity index (χ0n) is 21.0. The summed E-state index contributed by atoms with van der Waals surface area (Å²) < 4.78 is 0. The molecular weight excluding hydrogens is 448 g/mol. The molecule has 0 aliphatic heterocycles. The van der Waals surface area contributed by atoms with Gasteiger partial charge in [-0.1, -0.05) is 24.3 Å². The van der Waals surface area contributed by atoms with Crippen molar-refractivity contribution in [1.82, 2.24) is 0 Å². The van der Waals surface area contributed by atoms with Gasteiger partial charge >= 0.3 is 11.9 Å². The van der Waals surface area contributed by atoms with Crippen LogP contribution < -0.4 is 0 Å². The lowest BCUT2D eigenvalue weighted by atomic mass is 9.32. The molecule has 10 rings (SSSR count). The molecule has 2 aromatic rings. The fraction of sp³-hybridized carbons (Fsp3) is 0.625. The zero-order valence-corrected chi connectivity index (χ0v) is 21.0. The summed E-state index contributed by atoms with van der Waals surface area (Å²) in [6.45, 7) is 0. The van der Waals surface area contributed by atoms with Crippen molar-refractivity contribution in [3.8, 4) is 0 Å². The van der Waals surface area contributed by atoms with Crippen LogP contribution in [0.15, 0.2) is 30.3 Å². The van der Waals surface area contributed by atoms with Crippen LogP contribution in [-0.2, 0) is 5.41 Å². The van der Waals surface area contributed by atoms with E-state index < -0.39 is 11.9 Å². The van der Waals surface area contributed by atoms with E-state index >= 15 is 0 Å². The predicted octanol–water partition coefficient (Wildman–Crippen LogP) is 7.29. The molecule has 0 aromatic heterocycles. The molecule has 0 spiro atoms. The van der Waals surface area contributed by atoms with Gasteiger partial charge in [0.05, 0.1) is 11.1 Å². The quantitative estimate of drug-likeness (QED) is 0.478. The number of rotatable bonds is 4. The lowest BCUT2D eigenvalue weighted by Gasteiger charge is -2.72. The van der Waals surface area contributed by atoms with Crippen molar-refractivity contribution in [2.45, 2.75) is 82.5 Å². The second kappa shape index (κ2) is 6.94. The minimum Gasteiger partial charge on any atom is -0.478 e. The monoisotopic (exact) mass is 484 g/mol. The highest BCUT2D eigenvalue weighted by Crippen LogP contribution is 2.77. The average Bonchev–Trinajstić information content (AvgIpc) is 2.81. The van der Waals surface area contributed by atoms with E-state index in [0.29, 0.717) is 16.2 Å². The second-order valence-corrected chi connectivity index (χ2v) is 14.2. The van der Waals surface area contributed by atoms with Gasteiger partial charge in [-0.25, -0.2) is 9.59 Å². The van der Waals surface area contributed by atoms with E-state index in [0.717, 1.165) is 35.0 Å². The van der Waals surface area contributed by atoms with Crippen LogP contribution in [-0.4, -0.2) is 22.2 Å². The first-order chi connectivity index (χ1) is 17.3. The Bertz CT molecular complexity index is 1270. The summed E-state index contributed by atoms with van der Waals surface area (Å²) >= 11 is 0. The number of hydrogen-bond donors (Lipinski definition) is 2. The first-order valence-electron chi connectivity index (χ1n) is 14.3. The maximum atomic E-state index is 12.2. The molecule has 8 aliphatic rings. The molecule has 8 aliphatic carbocycles. The first kappa shape index (κ1) is 21.7. The summed E-state index contributed by atoms with van der Waals surface area (Å²) in [5.74, 6) is 2.14. The summed E-state index contributed by atoms with van der Waals surface area (Å²) in [6, 6.07) is 9.52. The Morgan fingerprint density at radius 2 is 1.22 bits per heavy atom. The van der Waals surface area contributed by atoms with Gasteiger partial charge in [0.1, 0.15) is 0 Å². The topological polar surface area (TPSA) is 74.6 Å². The third-order valence-electron chi connectivity index (χ3n) is 12.3. The van der Waals surface area contributed by atoms with Gasteiger partial charge in [0.2, 0.25) is 0 Å². The second-order valence-electron chi connectivity index (χ2n) is 14.2. The third-order valence-corrected chi connectivity index (χ3v) is 12.3. The zero-order chi connectivity index (χ0) is 24.4. The molecule has 2 unspecified atom stereocenters. The molecular formula is C32H36O4. The van der Waals surface area contributed by atoms with E-state index in [4.69, 9.17) is 0 Å². The maximum Gasteiger partial charge on any atom is 0.337 e. The summed E-state index contributed by atoms with van der Waals surface area (Å²) in [5.41, 5.74) is 2.24. The van der Waals surface area contributed by atoms with Crippen molar-refractivity contribution in [3.63, 3.8) is 0 Å². The van der Waals surface area contributed by atoms with Gasteiger partial charge in [0.25, 0.3) is 0 Å². The molecule has 2 aromatic carbocycles. The molecule has 188 valence electrons. The largest absolute Gasteiger partial charge is 0.478 e. The summed E-state index contributed by atoms with van der Waals surface area (Å²) in [7, 11) is 0. The number of fused-ring (bicyclic) bond motifs is 1. The van der Waals surface area contributed by atoms with Crippen molar-refractivity contribution in [2.24, 2.45) is 40.4 Å². The lowest BCUT2D eigenvalue weighted by molar-refractivity contribution is -0.205. The summed E-state index contributed by atoms with van der Waals surface area (Å²) in [4.78, 5) is 24.1. The highest BCUT2D eigenvalue weighted by Gasteiger charge is 2.67. The number of aromatic carboxylic acids is 2. The summed E-state index contributed by atoms with van der Waals surface area (Å²) in [5, 5.41) is 21.3. The lowest BCUT2D eigenvalue weighted by Crippen LogP contribution is -2.63. The minimum absolute atomic E-state index is 0.0534. The number of carboxylic acids is 2. The summed E-state index contributed by atoms with van der Waals surface area (Å²) in [6.07, 6.45) is 16.8. The smallest absolute Gasteiger partial charge is 0.337 e. The van der Waals surface area contributed by atoms with Crippen molar-refractivity contribution in [3.05, 3.63) is 47.0 Å². The Kier molecular flexibility index (Phi) is 4.18. The first-order valence-corrected chi connectivity index (χ1v) is 14.3. The van der Waals surface area contributed by atoms with Crippen LogP contribution in [0.1, 0.15) is 103 Å². The highest BCUT2D eigenvalue weighted by atomic mass is 16.4. The van der Waals surface area contributed by atoms with E-state index in [-0.39, 0.29) is 16.5 Å².